The summed E-state index contributed by atoms with van der Waals surface area (Å²) in [4.78, 5) is 4.10. The number of hydrazone groups is 1. The first-order valence-electron chi connectivity index (χ1n) is 10.5. The zero-order valence-corrected chi connectivity index (χ0v) is 19.9. The number of nitrogens with two attached hydrogens (primary N) is 1. The SMILES string of the molecule is C=NC(=C\C=C(/C)B(O)O)/C(=N\N)c1cc(C(C)(CC)CC)c(C(C)(C)C)cc1C. The summed E-state index contributed by atoms with van der Waals surface area (Å²) in [5.74, 6) is 5.80. The third kappa shape index (κ3) is 5.70. The van der Waals surface area contributed by atoms with Gasteiger partial charge in [-0.3, -0.25) is 4.99 Å². The van der Waals surface area contributed by atoms with Gasteiger partial charge in [-0.2, -0.15) is 5.10 Å². The summed E-state index contributed by atoms with van der Waals surface area (Å²) < 4.78 is 0. The molecule has 1 aromatic carbocycles. The molecule has 5 nitrogen and oxygen atoms in total. The molecule has 1 rings (SSSR count). The highest BCUT2D eigenvalue weighted by Crippen LogP contribution is 2.40. The van der Waals surface area contributed by atoms with Gasteiger partial charge >= 0.3 is 7.12 Å². The fourth-order valence-electron chi connectivity index (χ4n) is 3.49. The van der Waals surface area contributed by atoms with E-state index in [1.807, 2.05) is 6.92 Å². The normalized spacial score (nSPS) is 14.1. The van der Waals surface area contributed by atoms with Crippen LogP contribution in [0.4, 0.5) is 0 Å². The van der Waals surface area contributed by atoms with Crippen molar-refractivity contribution in [3.8, 4) is 0 Å². The number of hydrogen-bond acceptors (Lipinski definition) is 5. The molecule has 0 spiro atoms. The van der Waals surface area contributed by atoms with Crippen molar-refractivity contribution in [3.05, 3.63) is 57.7 Å². The number of nitrogens with zero attached hydrogens (tertiary/aromatic N) is 2. The number of aliphatic imine (C=N–C) groups is 1. The highest BCUT2D eigenvalue weighted by atomic mass is 16.4. The van der Waals surface area contributed by atoms with Gasteiger partial charge in [-0.25, -0.2) is 0 Å². The van der Waals surface area contributed by atoms with Crippen LogP contribution in [0.1, 0.15) is 83.6 Å². The van der Waals surface area contributed by atoms with Crippen LogP contribution in [0.15, 0.2) is 45.5 Å². The molecule has 6 heteroatoms. The summed E-state index contributed by atoms with van der Waals surface area (Å²) in [7, 11) is -1.53. The molecule has 0 radical (unpaired) electrons. The fourth-order valence-corrected chi connectivity index (χ4v) is 3.49. The first-order chi connectivity index (χ1) is 13.9. The Hall–Kier alpha value is -2.18. The van der Waals surface area contributed by atoms with Crippen molar-refractivity contribution in [2.75, 3.05) is 0 Å². The van der Waals surface area contributed by atoms with Crippen molar-refractivity contribution in [1.29, 1.82) is 0 Å². The van der Waals surface area contributed by atoms with Crippen molar-refractivity contribution in [1.82, 2.24) is 0 Å². The van der Waals surface area contributed by atoms with Crippen LogP contribution in [-0.4, -0.2) is 29.6 Å². The van der Waals surface area contributed by atoms with Crippen molar-refractivity contribution >= 4 is 19.5 Å². The second-order valence-corrected chi connectivity index (χ2v) is 9.20. The minimum Gasteiger partial charge on any atom is -0.423 e. The molecule has 0 saturated carbocycles. The monoisotopic (exact) mass is 411 g/mol. The zero-order chi connectivity index (χ0) is 23.3. The molecule has 164 valence electrons. The van der Waals surface area contributed by atoms with Crippen LogP contribution in [0, 0.1) is 6.92 Å². The molecule has 1 aromatic rings. The third-order valence-electron chi connectivity index (χ3n) is 6.09. The molecule has 0 aliphatic carbocycles. The predicted molar refractivity (Wildman–Crippen MR) is 130 cm³/mol. The topological polar surface area (TPSA) is 91.2 Å². The molecule has 30 heavy (non-hydrogen) atoms. The van der Waals surface area contributed by atoms with Gasteiger partial charge < -0.3 is 15.9 Å². The predicted octanol–water partition coefficient (Wildman–Crippen LogP) is 4.58. The zero-order valence-electron chi connectivity index (χ0n) is 19.9. The lowest BCUT2D eigenvalue weighted by Crippen LogP contribution is -2.27. The van der Waals surface area contributed by atoms with Crippen molar-refractivity contribution in [2.45, 2.75) is 79.1 Å². The molecule has 0 aliphatic heterocycles. The van der Waals surface area contributed by atoms with Crippen LogP contribution in [0.2, 0.25) is 0 Å². The van der Waals surface area contributed by atoms with E-state index in [1.165, 1.54) is 11.1 Å². The van der Waals surface area contributed by atoms with E-state index >= 15 is 0 Å². The second-order valence-electron chi connectivity index (χ2n) is 9.20. The van der Waals surface area contributed by atoms with Gasteiger partial charge in [-0.05, 0) is 78.5 Å². The Morgan fingerprint density at radius 1 is 1.10 bits per heavy atom. The fraction of sp³-hybridized carbons (Fsp3) is 0.500. The summed E-state index contributed by atoms with van der Waals surface area (Å²) in [6, 6.07) is 4.43. The standard InChI is InChI=1S/C24H38BN3O2/c1-10-24(8,11-2)20-15-18(16(3)14-19(20)23(5,6)7)22(28-26)21(27-9)13-12-17(4)25(29)30/h12-15,29-30H,9-11,26H2,1-8H3/b17-12+,21-13-,28-22-. The lowest BCUT2D eigenvalue weighted by atomic mass is 9.69. The number of aryl methyl sites for hydroxylation is 1. The molecular formula is C24H38BN3O2. The molecule has 0 fully saturated rings. The molecule has 4 N–H and O–H groups in total. The van der Waals surface area contributed by atoms with Crippen molar-refractivity contribution < 1.29 is 10.0 Å². The van der Waals surface area contributed by atoms with E-state index in [0.29, 0.717) is 16.9 Å². The number of allylic oxidation sites excluding steroid dienone is 4. The first-order valence-corrected chi connectivity index (χ1v) is 10.5. The average Bonchev–Trinajstić information content (AvgIpc) is 2.69. The molecular weight excluding hydrogens is 373 g/mol. The van der Waals surface area contributed by atoms with Gasteiger partial charge in [0.15, 0.2) is 0 Å². The maximum atomic E-state index is 9.31. The van der Waals surface area contributed by atoms with Gasteiger partial charge in [-0.15, -0.1) is 0 Å². The molecule has 0 amide bonds. The number of rotatable bonds is 8. The van der Waals surface area contributed by atoms with Crippen molar-refractivity contribution in [3.63, 3.8) is 0 Å². The smallest absolute Gasteiger partial charge is 0.423 e. The molecule has 0 atom stereocenters. The minimum atomic E-state index is -1.53. The summed E-state index contributed by atoms with van der Waals surface area (Å²) in [5, 5.41) is 22.7. The molecule has 0 aromatic heterocycles. The van der Waals surface area contributed by atoms with Crippen LogP contribution in [-0.2, 0) is 10.8 Å². The summed E-state index contributed by atoms with van der Waals surface area (Å²) in [6.45, 7) is 20.8. The Kier molecular flexibility index (Phi) is 8.82. The van der Waals surface area contributed by atoms with E-state index in [9.17, 15) is 10.0 Å². The van der Waals surface area contributed by atoms with E-state index in [-0.39, 0.29) is 10.8 Å². The lowest BCUT2D eigenvalue weighted by molar-refractivity contribution is 0.419. The van der Waals surface area contributed by atoms with Crippen LogP contribution < -0.4 is 5.84 Å². The van der Waals surface area contributed by atoms with Gasteiger partial charge in [0.05, 0.1) is 5.70 Å². The molecule has 0 heterocycles. The average molecular weight is 411 g/mol. The molecule has 0 unspecified atom stereocenters. The third-order valence-corrected chi connectivity index (χ3v) is 6.09. The molecule has 0 bridgehead atoms. The Labute approximate surface area is 182 Å². The van der Waals surface area contributed by atoms with Crippen LogP contribution in [0.3, 0.4) is 0 Å². The Bertz CT molecular complexity index is 858. The Morgan fingerprint density at radius 3 is 2.07 bits per heavy atom. The quantitative estimate of drug-likeness (QED) is 0.192. The van der Waals surface area contributed by atoms with Gasteiger partial charge in [-0.1, -0.05) is 53.7 Å². The van der Waals surface area contributed by atoms with Gasteiger partial charge in [0.2, 0.25) is 0 Å². The van der Waals surface area contributed by atoms with Crippen LogP contribution >= 0.6 is 0 Å². The lowest BCUT2D eigenvalue weighted by Gasteiger charge is -2.35. The number of hydrogen-bond donors (Lipinski definition) is 3. The molecule has 0 saturated heterocycles. The molecule has 0 aliphatic rings. The van der Waals surface area contributed by atoms with Gasteiger partial charge in [0, 0.05) is 5.56 Å². The van der Waals surface area contributed by atoms with E-state index in [2.05, 4.69) is 70.5 Å². The minimum absolute atomic E-state index is 0.00326. The first kappa shape index (κ1) is 25.9. The summed E-state index contributed by atoms with van der Waals surface area (Å²) in [5.41, 5.74) is 5.98. The highest BCUT2D eigenvalue weighted by molar-refractivity contribution is 6.50. The van der Waals surface area contributed by atoms with Crippen LogP contribution in [0.5, 0.6) is 0 Å². The van der Waals surface area contributed by atoms with Crippen molar-refractivity contribution in [2.24, 2.45) is 15.9 Å². The van der Waals surface area contributed by atoms with Gasteiger partial charge in [0.25, 0.3) is 0 Å². The second kappa shape index (κ2) is 10.2. The van der Waals surface area contributed by atoms with E-state index < -0.39 is 7.12 Å². The van der Waals surface area contributed by atoms with E-state index in [1.54, 1.807) is 19.1 Å². The van der Waals surface area contributed by atoms with E-state index in [4.69, 9.17) is 5.84 Å². The number of benzene rings is 1. The summed E-state index contributed by atoms with van der Waals surface area (Å²) >= 11 is 0. The van der Waals surface area contributed by atoms with Crippen LogP contribution in [0.25, 0.3) is 0 Å². The maximum Gasteiger partial charge on any atom is 0.483 e. The Morgan fingerprint density at radius 2 is 1.67 bits per heavy atom. The summed E-state index contributed by atoms with van der Waals surface area (Å²) in [6.07, 6.45) is 5.27. The largest absolute Gasteiger partial charge is 0.483 e. The van der Waals surface area contributed by atoms with E-state index in [0.717, 1.165) is 24.0 Å². The highest BCUT2D eigenvalue weighted by Gasteiger charge is 2.31. The van der Waals surface area contributed by atoms with Gasteiger partial charge in [0.1, 0.15) is 5.71 Å². The Balaban J connectivity index is 3.81. The maximum absolute atomic E-state index is 9.31.